The fourth-order valence-electron chi connectivity index (χ4n) is 2.09. The van der Waals surface area contributed by atoms with Crippen LogP contribution in [0.5, 0.6) is 0 Å². The summed E-state index contributed by atoms with van der Waals surface area (Å²) in [6.45, 7) is 3.89. The number of benzene rings is 2. The first-order valence-electron chi connectivity index (χ1n) is 7.75. The van der Waals surface area contributed by atoms with Gasteiger partial charge < -0.3 is 16.0 Å². The Kier molecular flexibility index (Phi) is 6.05. The third kappa shape index (κ3) is 5.56. The molecular formula is C18H19F2N3O2. The van der Waals surface area contributed by atoms with Gasteiger partial charge >= 0.3 is 6.03 Å². The Bertz CT molecular complexity index is 761. The predicted octanol–water partition coefficient (Wildman–Crippen LogP) is 3.42. The Morgan fingerprint density at radius 3 is 2.32 bits per heavy atom. The lowest BCUT2D eigenvalue weighted by molar-refractivity contribution is 0.0946. The van der Waals surface area contributed by atoms with E-state index in [0.717, 1.165) is 17.7 Å². The molecule has 2 aromatic rings. The third-order valence-electron chi connectivity index (χ3n) is 3.26. The molecule has 0 saturated carbocycles. The maximum Gasteiger partial charge on any atom is 0.319 e. The fraction of sp³-hybridized carbons (Fsp3) is 0.222. The van der Waals surface area contributed by atoms with Crippen LogP contribution in [0, 0.1) is 11.6 Å². The van der Waals surface area contributed by atoms with Crippen LogP contribution in [0.15, 0.2) is 42.5 Å². The molecule has 0 spiro atoms. The molecule has 0 heterocycles. The monoisotopic (exact) mass is 347 g/mol. The molecule has 0 fully saturated rings. The molecule has 0 atom stereocenters. The number of urea groups is 1. The van der Waals surface area contributed by atoms with Gasteiger partial charge in [-0.3, -0.25) is 4.79 Å². The van der Waals surface area contributed by atoms with Gasteiger partial charge in [-0.1, -0.05) is 12.1 Å². The molecule has 2 aromatic carbocycles. The molecule has 0 radical (unpaired) electrons. The number of rotatable bonds is 5. The van der Waals surface area contributed by atoms with Crippen molar-refractivity contribution in [3.8, 4) is 0 Å². The van der Waals surface area contributed by atoms with Crippen LogP contribution in [-0.4, -0.2) is 18.0 Å². The van der Waals surface area contributed by atoms with E-state index in [2.05, 4.69) is 16.0 Å². The van der Waals surface area contributed by atoms with Crippen LogP contribution in [0.1, 0.15) is 29.8 Å². The Balaban J connectivity index is 1.91. The SMILES string of the molecule is CC(C)NC(=O)Nc1ccc(CNC(=O)c2ccc(F)cc2F)cc1. The van der Waals surface area contributed by atoms with Gasteiger partial charge in [-0.15, -0.1) is 0 Å². The van der Waals surface area contributed by atoms with Gasteiger partial charge in [0.25, 0.3) is 5.91 Å². The lowest BCUT2D eigenvalue weighted by atomic mass is 10.1. The minimum absolute atomic E-state index is 0.0290. The van der Waals surface area contributed by atoms with Gasteiger partial charge in [0.1, 0.15) is 11.6 Å². The first kappa shape index (κ1) is 18.4. The predicted molar refractivity (Wildman–Crippen MR) is 91.3 cm³/mol. The average molecular weight is 347 g/mol. The molecular weight excluding hydrogens is 328 g/mol. The molecule has 3 N–H and O–H groups in total. The number of anilines is 1. The number of halogens is 2. The van der Waals surface area contributed by atoms with Crippen LogP contribution in [0.3, 0.4) is 0 Å². The van der Waals surface area contributed by atoms with Gasteiger partial charge in [0, 0.05) is 24.3 Å². The number of carbonyl (C=O) groups excluding carboxylic acids is 2. The second kappa shape index (κ2) is 8.23. The molecule has 0 aliphatic carbocycles. The van der Waals surface area contributed by atoms with Gasteiger partial charge in [-0.2, -0.15) is 0 Å². The van der Waals surface area contributed by atoms with E-state index in [1.165, 1.54) is 0 Å². The van der Waals surface area contributed by atoms with Crippen molar-refractivity contribution < 1.29 is 18.4 Å². The third-order valence-corrected chi connectivity index (χ3v) is 3.26. The summed E-state index contributed by atoms with van der Waals surface area (Å²) in [4.78, 5) is 23.5. The first-order valence-corrected chi connectivity index (χ1v) is 7.75. The minimum atomic E-state index is -0.909. The maximum atomic E-state index is 13.5. The van der Waals surface area contributed by atoms with E-state index in [4.69, 9.17) is 0 Å². The first-order chi connectivity index (χ1) is 11.8. The van der Waals surface area contributed by atoms with E-state index in [9.17, 15) is 18.4 Å². The zero-order chi connectivity index (χ0) is 18.4. The lowest BCUT2D eigenvalue weighted by Crippen LogP contribution is -2.34. The van der Waals surface area contributed by atoms with E-state index in [1.807, 2.05) is 13.8 Å². The van der Waals surface area contributed by atoms with E-state index in [1.54, 1.807) is 24.3 Å². The van der Waals surface area contributed by atoms with Crippen molar-refractivity contribution in [3.05, 3.63) is 65.2 Å². The fourth-order valence-corrected chi connectivity index (χ4v) is 2.09. The van der Waals surface area contributed by atoms with Crippen LogP contribution in [-0.2, 0) is 6.54 Å². The van der Waals surface area contributed by atoms with Crippen LogP contribution in [0.2, 0.25) is 0 Å². The summed E-state index contributed by atoms with van der Waals surface area (Å²) in [7, 11) is 0. The van der Waals surface area contributed by atoms with Gasteiger partial charge in [0.15, 0.2) is 0 Å². The Morgan fingerprint density at radius 2 is 1.72 bits per heavy atom. The summed E-state index contributed by atoms with van der Waals surface area (Å²) < 4.78 is 26.4. The smallest absolute Gasteiger partial charge is 0.319 e. The van der Waals surface area contributed by atoms with E-state index in [0.29, 0.717) is 11.8 Å². The van der Waals surface area contributed by atoms with Crippen molar-refractivity contribution in [1.82, 2.24) is 10.6 Å². The zero-order valence-corrected chi connectivity index (χ0v) is 13.9. The van der Waals surface area contributed by atoms with Crippen molar-refractivity contribution in [1.29, 1.82) is 0 Å². The van der Waals surface area contributed by atoms with Crippen LogP contribution >= 0.6 is 0 Å². The Morgan fingerprint density at radius 1 is 1.04 bits per heavy atom. The lowest BCUT2D eigenvalue weighted by Gasteiger charge is -2.11. The standard InChI is InChI=1S/C18H19F2N3O2/c1-11(2)22-18(25)23-14-6-3-12(4-7-14)10-21-17(24)15-8-5-13(19)9-16(15)20/h3-9,11H,10H2,1-2H3,(H,21,24)(H2,22,23,25). The highest BCUT2D eigenvalue weighted by Gasteiger charge is 2.12. The Labute approximate surface area is 144 Å². The van der Waals surface area contributed by atoms with Crippen LogP contribution < -0.4 is 16.0 Å². The topological polar surface area (TPSA) is 70.2 Å². The second-order valence-electron chi connectivity index (χ2n) is 5.76. The van der Waals surface area contributed by atoms with Crippen LogP contribution in [0.25, 0.3) is 0 Å². The number of nitrogens with one attached hydrogen (secondary N) is 3. The molecule has 25 heavy (non-hydrogen) atoms. The number of carbonyl (C=O) groups is 2. The highest BCUT2D eigenvalue weighted by molar-refractivity contribution is 5.94. The summed E-state index contributed by atoms with van der Waals surface area (Å²) in [5, 5.41) is 7.95. The summed E-state index contributed by atoms with van der Waals surface area (Å²) in [6, 6.07) is 9.36. The van der Waals surface area contributed by atoms with Crippen molar-refractivity contribution in [2.75, 3.05) is 5.32 Å². The summed E-state index contributed by atoms with van der Waals surface area (Å²) in [5.41, 5.74) is 1.16. The van der Waals surface area contributed by atoms with E-state index in [-0.39, 0.29) is 24.2 Å². The number of hydrogen-bond donors (Lipinski definition) is 3. The van der Waals surface area contributed by atoms with Crippen molar-refractivity contribution in [2.45, 2.75) is 26.4 Å². The molecule has 5 nitrogen and oxygen atoms in total. The van der Waals surface area contributed by atoms with Crippen molar-refractivity contribution in [3.63, 3.8) is 0 Å². The molecule has 3 amide bonds. The molecule has 0 aromatic heterocycles. The molecule has 0 unspecified atom stereocenters. The summed E-state index contributed by atoms with van der Waals surface area (Å²) in [6.07, 6.45) is 0. The Hall–Kier alpha value is -2.96. The van der Waals surface area contributed by atoms with Gasteiger partial charge in [-0.05, 0) is 43.7 Å². The molecule has 7 heteroatoms. The largest absolute Gasteiger partial charge is 0.348 e. The average Bonchev–Trinajstić information content (AvgIpc) is 2.53. The molecule has 2 rings (SSSR count). The van der Waals surface area contributed by atoms with Gasteiger partial charge in [-0.25, -0.2) is 13.6 Å². The number of amides is 3. The molecule has 0 aliphatic rings. The van der Waals surface area contributed by atoms with Crippen LogP contribution in [0.4, 0.5) is 19.3 Å². The zero-order valence-electron chi connectivity index (χ0n) is 13.9. The van der Waals surface area contributed by atoms with Crippen molar-refractivity contribution in [2.24, 2.45) is 0 Å². The highest BCUT2D eigenvalue weighted by atomic mass is 19.1. The van der Waals surface area contributed by atoms with Crippen molar-refractivity contribution >= 4 is 17.6 Å². The highest BCUT2D eigenvalue weighted by Crippen LogP contribution is 2.11. The maximum absolute atomic E-state index is 13.5. The summed E-state index contributed by atoms with van der Waals surface area (Å²) in [5.74, 6) is -2.28. The second-order valence-corrected chi connectivity index (χ2v) is 5.76. The quantitative estimate of drug-likeness (QED) is 0.776. The van der Waals surface area contributed by atoms with E-state index < -0.39 is 17.5 Å². The number of hydrogen-bond acceptors (Lipinski definition) is 2. The van der Waals surface area contributed by atoms with E-state index >= 15 is 0 Å². The molecule has 132 valence electrons. The minimum Gasteiger partial charge on any atom is -0.348 e. The van der Waals surface area contributed by atoms with Gasteiger partial charge in [0.05, 0.1) is 5.56 Å². The molecule has 0 aliphatic heterocycles. The normalized spacial score (nSPS) is 10.4. The summed E-state index contributed by atoms with van der Waals surface area (Å²) >= 11 is 0. The molecule has 0 saturated heterocycles. The molecule has 0 bridgehead atoms. The van der Waals surface area contributed by atoms with Gasteiger partial charge in [0.2, 0.25) is 0 Å².